The molecule has 0 aliphatic carbocycles. The smallest absolute Gasteiger partial charge is 0.255 e. The van der Waals surface area contributed by atoms with E-state index < -0.39 is 0 Å². The van der Waals surface area contributed by atoms with Crippen LogP contribution < -0.4 is 0 Å². The van der Waals surface area contributed by atoms with Crippen LogP contribution in [0.5, 0.6) is 0 Å². The third-order valence-corrected chi connectivity index (χ3v) is 5.28. The molecule has 1 saturated heterocycles. The predicted octanol–water partition coefficient (Wildman–Crippen LogP) is 5.06. The minimum absolute atomic E-state index is 0.0378. The SMILES string of the molecule is Cc1nc2ccc(Cl)cc2cc1C(=O)N1CCOC(c2ccc(Cl)cc2)C1. The van der Waals surface area contributed by atoms with Gasteiger partial charge in [0, 0.05) is 22.0 Å². The summed E-state index contributed by atoms with van der Waals surface area (Å²) >= 11 is 12.1. The Kier molecular flexibility index (Phi) is 5.04. The van der Waals surface area contributed by atoms with Crippen LogP contribution in [0.4, 0.5) is 0 Å². The van der Waals surface area contributed by atoms with Gasteiger partial charge in [0.15, 0.2) is 0 Å². The van der Waals surface area contributed by atoms with Crippen molar-refractivity contribution in [2.24, 2.45) is 0 Å². The fourth-order valence-corrected chi connectivity index (χ4v) is 3.65. The summed E-state index contributed by atoms with van der Waals surface area (Å²) in [6.07, 6.45) is -0.164. The second-order valence-corrected chi connectivity index (χ2v) is 7.49. The lowest BCUT2D eigenvalue weighted by Gasteiger charge is -2.33. The first-order chi connectivity index (χ1) is 13.0. The molecule has 2 heterocycles. The fourth-order valence-electron chi connectivity index (χ4n) is 3.34. The van der Waals surface area contributed by atoms with Crippen LogP contribution in [-0.4, -0.2) is 35.5 Å². The number of pyridine rings is 1. The molecule has 2 aromatic carbocycles. The van der Waals surface area contributed by atoms with Crippen molar-refractivity contribution in [3.8, 4) is 0 Å². The Bertz CT molecular complexity index is 1000. The molecule has 27 heavy (non-hydrogen) atoms. The van der Waals surface area contributed by atoms with E-state index in [1.807, 2.05) is 54.3 Å². The van der Waals surface area contributed by atoms with E-state index in [0.717, 1.165) is 16.5 Å². The van der Waals surface area contributed by atoms with Crippen molar-refractivity contribution in [1.82, 2.24) is 9.88 Å². The van der Waals surface area contributed by atoms with Crippen LogP contribution in [0.1, 0.15) is 27.7 Å². The number of rotatable bonds is 2. The zero-order valence-corrected chi connectivity index (χ0v) is 16.3. The number of benzene rings is 2. The molecule has 1 fully saturated rings. The summed E-state index contributed by atoms with van der Waals surface area (Å²) in [7, 11) is 0. The van der Waals surface area contributed by atoms with E-state index in [2.05, 4.69) is 4.98 Å². The maximum absolute atomic E-state index is 13.2. The summed E-state index contributed by atoms with van der Waals surface area (Å²) in [4.78, 5) is 19.5. The highest BCUT2D eigenvalue weighted by atomic mass is 35.5. The number of aromatic nitrogens is 1. The molecule has 0 radical (unpaired) electrons. The molecular weight excluding hydrogens is 383 g/mol. The molecule has 4 rings (SSSR count). The van der Waals surface area contributed by atoms with Gasteiger partial charge < -0.3 is 9.64 Å². The molecule has 1 amide bonds. The van der Waals surface area contributed by atoms with Crippen molar-refractivity contribution in [2.45, 2.75) is 13.0 Å². The third-order valence-electron chi connectivity index (χ3n) is 4.79. The molecule has 3 aromatic rings. The van der Waals surface area contributed by atoms with E-state index in [1.165, 1.54) is 0 Å². The second kappa shape index (κ2) is 7.47. The monoisotopic (exact) mass is 400 g/mol. The number of ether oxygens (including phenoxy) is 1. The van der Waals surface area contributed by atoms with Gasteiger partial charge in [-0.1, -0.05) is 35.3 Å². The number of carbonyl (C=O) groups excluding carboxylic acids is 1. The van der Waals surface area contributed by atoms with Crippen LogP contribution >= 0.6 is 23.2 Å². The van der Waals surface area contributed by atoms with Gasteiger partial charge in [-0.15, -0.1) is 0 Å². The van der Waals surface area contributed by atoms with Crippen molar-refractivity contribution >= 4 is 40.0 Å². The number of halogens is 2. The molecule has 0 spiro atoms. The van der Waals surface area contributed by atoms with Crippen LogP contribution in [0, 0.1) is 6.92 Å². The Hall–Kier alpha value is -2.14. The van der Waals surface area contributed by atoms with Gasteiger partial charge in [0.2, 0.25) is 0 Å². The van der Waals surface area contributed by atoms with E-state index >= 15 is 0 Å². The number of aryl methyl sites for hydroxylation is 1. The quantitative estimate of drug-likeness (QED) is 0.603. The minimum Gasteiger partial charge on any atom is -0.370 e. The maximum atomic E-state index is 13.2. The molecule has 1 aliphatic heterocycles. The number of amides is 1. The van der Waals surface area contributed by atoms with Crippen molar-refractivity contribution < 1.29 is 9.53 Å². The van der Waals surface area contributed by atoms with Crippen molar-refractivity contribution in [3.05, 3.63) is 75.4 Å². The molecule has 1 aromatic heterocycles. The van der Waals surface area contributed by atoms with E-state index in [4.69, 9.17) is 27.9 Å². The van der Waals surface area contributed by atoms with Gasteiger partial charge >= 0.3 is 0 Å². The van der Waals surface area contributed by atoms with Crippen molar-refractivity contribution in [1.29, 1.82) is 0 Å². The number of nitrogens with zero attached hydrogens (tertiary/aromatic N) is 2. The Labute approximate surface area is 167 Å². The normalized spacial score (nSPS) is 17.3. The van der Waals surface area contributed by atoms with E-state index in [0.29, 0.717) is 41.0 Å². The number of hydrogen-bond donors (Lipinski definition) is 0. The van der Waals surface area contributed by atoms with E-state index in [1.54, 1.807) is 6.07 Å². The number of carbonyl (C=O) groups is 1. The molecule has 0 saturated carbocycles. The highest BCUT2D eigenvalue weighted by molar-refractivity contribution is 6.31. The number of morpholine rings is 1. The number of fused-ring (bicyclic) bond motifs is 1. The van der Waals surface area contributed by atoms with Crippen LogP contribution in [0.15, 0.2) is 48.5 Å². The molecule has 1 aliphatic rings. The van der Waals surface area contributed by atoms with Crippen LogP contribution in [0.25, 0.3) is 10.9 Å². The highest BCUT2D eigenvalue weighted by Gasteiger charge is 2.27. The fraction of sp³-hybridized carbons (Fsp3) is 0.238. The summed E-state index contributed by atoms with van der Waals surface area (Å²) in [5.74, 6) is -0.0378. The summed E-state index contributed by atoms with van der Waals surface area (Å²) < 4.78 is 5.87. The third kappa shape index (κ3) is 3.79. The number of hydrogen-bond acceptors (Lipinski definition) is 3. The molecule has 4 nitrogen and oxygen atoms in total. The van der Waals surface area contributed by atoms with Crippen LogP contribution in [0.3, 0.4) is 0 Å². The Morgan fingerprint density at radius 3 is 2.63 bits per heavy atom. The lowest BCUT2D eigenvalue weighted by molar-refractivity contribution is -0.0228. The zero-order chi connectivity index (χ0) is 19.0. The molecule has 138 valence electrons. The van der Waals surface area contributed by atoms with Gasteiger partial charge in [0.25, 0.3) is 5.91 Å². The largest absolute Gasteiger partial charge is 0.370 e. The van der Waals surface area contributed by atoms with E-state index in [-0.39, 0.29) is 12.0 Å². The van der Waals surface area contributed by atoms with Crippen LogP contribution in [-0.2, 0) is 4.74 Å². The maximum Gasteiger partial charge on any atom is 0.255 e. The summed E-state index contributed by atoms with van der Waals surface area (Å²) in [5.41, 5.74) is 3.15. The highest BCUT2D eigenvalue weighted by Crippen LogP contribution is 2.26. The van der Waals surface area contributed by atoms with Crippen molar-refractivity contribution in [2.75, 3.05) is 19.7 Å². The van der Waals surface area contributed by atoms with Gasteiger partial charge in [-0.3, -0.25) is 9.78 Å². The minimum atomic E-state index is -0.164. The topological polar surface area (TPSA) is 42.4 Å². The Balaban J connectivity index is 1.61. The van der Waals surface area contributed by atoms with Gasteiger partial charge in [0.05, 0.1) is 29.9 Å². The predicted molar refractivity (Wildman–Crippen MR) is 108 cm³/mol. The average Bonchev–Trinajstić information content (AvgIpc) is 2.68. The standard InChI is InChI=1S/C21H18Cl2N2O2/c1-13-18(11-15-10-17(23)6-7-19(15)24-13)21(26)25-8-9-27-20(12-25)14-2-4-16(22)5-3-14/h2-7,10-11,20H,8-9,12H2,1H3. The first kappa shape index (κ1) is 18.2. The molecule has 0 bridgehead atoms. The second-order valence-electron chi connectivity index (χ2n) is 6.62. The summed E-state index contributed by atoms with van der Waals surface area (Å²) in [5, 5.41) is 2.17. The molecular formula is C21H18Cl2N2O2. The Morgan fingerprint density at radius 2 is 1.85 bits per heavy atom. The average molecular weight is 401 g/mol. The summed E-state index contributed by atoms with van der Waals surface area (Å²) in [6, 6.07) is 14.9. The lowest BCUT2D eigenvalue weighted by Crippen LogP contribution is -2.42. The Morgan fingerprint density at radius 1 is 1.11 bits per heavy atom. The van der Waals surface area contributed by atoms with Crippen LogP contribution in [0.2, 0.25) is 10.0 Å². The molecule has 6 heteroatoms. The van der Waals surface area contributed by atoms with Crippen molar-refractivity contribution in [3.63, 3.8) is 0 Å². The zero-order valence-electron chi connectivity index (χ0n) is 14.8. The molecule has 1 atom stereocenters. The first-order valence-corrected chi connectivity index (χ1v) is 9.50. The first-order valence-electron chi connectivity index (χ1n) is 8.74. The lowest BCUT2D eigenvalue weighted by atomic mass is 10.1. The molecule has 1 unspecified atom stereocenters. The van der Waals surface area contributed by atoms with Gasteiger partial charge in [-0.2, -0.15) is 0 Å². The van der Waals surface area contributed by atoms with Gasteiger partial charge in [0.1, 0.15) is 6.10 Å². The van der Waals surface area contributed by atoms with Gasteiger partial charge in [-0.25, -0.2) is 0 Å². The molecule has 0 N–H and O–H groups in total. The summed E-state index contributed by atoms with van der Waals surface area (Å²) in [6.45, 7) is 3.40. The van der Waals surface area contributed by atoms with Gasteiger partial charge in [-0.05, 0) is 48.9 Å². The van der Waals surface area contributed by atoms with E-state index in [9.17, 15) is 4.79 Å².